The first-order chi connectivity index (χ1) is 12.1. The van der Waals surface area contributed by atoms with Gasteiger partial charge in [-0.15, -0.1) is 0 Å². The minimum atomic E-state index is 0.394. The Kier molecular flexibility index (Phi) is 5.76. The van der Waals surface area contributed by atoms with Gasteiger partial charge in [0.15, 0.2) is 0 Å². The molecular weight excluding hydrogens is 312 g/mol. The third-order valence-corrected chi connectivity index (χ3v) is 4.98. The van der Waals surface area contributed by atoms with Crippen LogP contribution in [0.4, 0.5) is 0 Å². The van der Waals surface area contributed by atoms with Gasteiger partial charge in [-0.1, -0.05) is 38.1 Å². The van der Waals surface area contributed by atoms with Crippen molar-refractivity contribution < 1.29 is 4.74 Å². The Labute approximate surface area is 151 Å². The van der Waals surface area contributed by atoms with Crippen LogP contribution in [-0.2, 0) is 26.6 Å². The number of methoxy groups -OCH3 is 1. The highest BCUT2D eigenvalue weighted by Gasteiger charge is 2.19. The molecule has 1 aliphatic rings. The first-order valence-electron chi connectivity index (χ1n) is 9.19. The van der Waals surface area contributed by atoms with Crippen LogP contribution in [0.2, 0.25) is 0 Å². The number of benzene rings is 1. The molecule has 5 nitrogen and oxygen atoms in total. The standard InChI is InChI=1S/C20H30N4O/c1-15(2)19-18(20(25-4)23(3)22-19)13-21-10-12-24-11-9-16-7-5-6-8-17(16)14-24/h5-8,15,21H,9-14H2,1-4H3. The van der Waals surface area contributed by atoms with E-state index in [1.165, 1.54) is 16.7 Å². The van der Waals surface area contributed by atoms with E-state index < -0.39 is 0 Å². The number of rotatable bonds is 7. The fourth-order valence-corrected chi connectivity index (χ4v) is 3.65. The van der Waals surface area contributed by atoms with Crippen LogP contribution in [0.15, 0.2) is 24.3 Å². The Balaban J connectivity index is 1.53. The highest BCUT2D eigenvalue weighted by Crippen LogP contribution is 2.26. The predicted octanol–water partition coefficient (Wildman–Crippen LogP) is 2.70. The smallest absolute Gasteiger partial charge is 0.216 e. The average Bonchev–Trinajstić information content (AvgIpc) is 2.94. The van der Waals surface area contributed by atoms with Crippen molar-refractivity contribution >= 4 is 0 Å². The van der Waals surface area contributed by atoms with Crippen molar-refractivity contribution in [2.24, 2.45) is 7.05 Å². The number of nitrogens with zero attached hydrogens (tertiary/aromatic N) is 3. The highest BCUT2D eigenvalue weighted by atomic mass is 16.5. The second-order valence-corrected chi connectivity index (χ2v) is 7.12. The zero-order valence-corrected chi connectivity index (χ0v) is 15.9. The summed E-state index contributed by atoms with van der Waals surface area (Å²) in [5.41, 5.74) is 5.29. The lowest BCUT2D eigenvalue weighted by atomic mass is 10.00. The zero-order chi connectivity index (χ0) is 17.8. The van der Waals surface area contributed by atoms with Crippen LogP contribution in [0.3, 0.4) is 0 Å². The van der Waals surface area contributed by atoms with E-state index in [1.54, 1.807) is 7.11 Å². The molecule has 0 fully saturated rings. The first kappa shape index (κ1) is 18.0. The van der Waals surface area contributed by atoms with E-state index in [0.29, 0.717) is 5.92 Å². The molecule has 0 saturated heterocycles. The summed E-state index contributed by atoms with van der Waals surface area (Å²) in [6.45, 7) is 9.39. The van der Waals surface area contributed by atoms with Crippen molar-refractivity contribution in [3.05, 3.63) is 46.6 Å². The summed E-state index contributed by atoms with van der Waals surface area (Å²) in [6, 6.07) is 8.80. The maximum atomic E-state index is 5.54. The molecule has 3 rings (SSSR count). The van der Waals surface area contributed by atoms with Gasteiger partial charge in [-0.3, -0.25) is 4.90 Å². The SMILES string of the molecule is COc1c(CNCCN2CCc3ccccc3C2)c(C(C)C)nn1C. The first-order valence-corrected chi connectivity index (χ1v) is 9.19. The molecule has 0 spiro atoms. The normalized spacial score (nSPS) is 14.8. The second-order valence-electron chi connectivity index (χ2n) is 7.12. The van der Waals surface area contributed by atoms with Gasteiger partial charge >= 0.3 is 0 Å². The van der Waals surface area contributed by atoms with Crippen LogP contribution in [0.25, 0.3) is 0 Å². The molecule has 0 amide bonds. The largest absolute Gasteiger partial charge is 0.481 e. The van der Waals surface area contributed by atoms with Gasteiger partial charge in [-0.05, 0) is 23.5 Å². The van der Waals surface area contributed by atoms with E-state index in [1.807, 2.05) is 11.7 Å². The average molecular weight is 342 g/mol. The molecule has 25 heavy (non-hydrogen) atoms. The van der Waals surface area contributed by atoms with Crippen LogP contribution in [0, 0.1) is 0 Å². The number of fused-ring (bicyclic) bond motifs is 1. The number of hydrogen-bond donors (Lipinski definition) is 1. The Bertz CT molecular complexity index is 708. The quantitative estimate of drug-likeness (QED) is 0.786. The van der Waals surface area contributed by atoms with Crippen LogP contribution < -0.4 is 10.1 Å². The maximum Gasteiger partial charge on any atom is 0.216 e. The lowest BCUT2D eigenvalue weighted by Crippen LogP contribution is -2.36. The van der Waals surface area contributed by atoms with E-state index in [0.717, 1.165) is 50.7 Å². The molecule has 0 saturated carbocycles. The van der Waals surface area contributed by atoms with Gasteiger partial charge in [0.05, 0.1) is 18.4 Å². The Morgan fingerprint density at radius 3 is 2.72 bits per heavy atom. The maximum absolute atomic E-state index is 5.54. The van der Waals surface area contributed by atoms with Crippen molar-refractivity contribution in [2.45, 2.75) is 39.3 Å². The van der Waals surface area contributed by atoms with Gasteiger partial charge in [0.25, 0.3) is 0 Å². The third kappa shape index (κ3) is 4.05. The Morgan fingerprint density at radius 2 is 2.00 bits per heavy atom. The van der Waals surface area contributed by atoms with Gasteiger partial charge in [0.2, 0.25) is 5.88 Å². The van der Waals surface area contributed by atoms with Gasteiger partial charge in [0, 0.05) is 39.8 Å². The van der Waals surface area contributed by atoms with Crippen LogP contribution in [0.5, 0.6) is 5.88 Å². The zero-order valence-electron chi connectivity index (χ0n) is 15.9. The van der Waals surface area contributed by atoms with Crippen LogP contribution >= 0.6 is 0 Å². The number of aromatic nitrogens is 2. The molecule has 0 radical (unpaired) electrons. The Hall–Kier alpha value is -1.85. The van der Waals surface area contributed by atoms with Gasteiger partial charge < -0.3 is 10.1 Å². The predicted molar refractivity (Wildman–Crippen MR) is 101 cm³/mol. The third-order valence-electron chi connectivity index (χ3n) is 4.98. The van der Waals surface area contributed by atoms with E-state index in [4.69, 9.17) is 4.74 Å². The van der Waals surface area contributed by atoms with Crippen molar-refractivity contribution in [1.82, 2.24) is 20.0 Å². The number of hydrogen-bond acceptors (Lipinski definition) is 4. The van der Waals surface area contributed by atoms with Gasteiger partial charge in [-0.25, -0.2) is 4.68 Å². The fourth-order valence-electron chi connectivity index (χ4n) is 3.65. The molecule has 5 heteroatoms. The number of ether oxygens (including phenoxy) is 1. The van der Waals surface area contributed by atoms with Crippen molar-refractivity contribution in [3.63, 3.8) is 0 Å². The van der Waals surface area contributed by atoms with E-state index in [9.17, 15) is 0 Å². The van der Waals surface area contributed by atoms with E-state index in [-0.39, 0.29) is 0 Å². The van der Waals surface area contributed by atoms with Crippen molar-refractivity contribution in [2.75, 3.05) is 26.7 Å². The molecule has 136 valence electrons. The second kappa shape index (κ2) is 8.02. The monoisotopic (exact) mass is 342 g/mol. The topological polar surface area (TPSA) is 42.3 Å². The number of aryl methyl sites for hydroxylation is 1. The lowest BCUT2D eigenvalue weighted by Gasteiger charge is -2.28. The molecule has 1 aromatic heterocycles. The minimum absolute atomic E-state index is 0.394. The fraction of sp³-hybridized carbons (Fsp3) is 0.550. The molecule has 1 aliphatic heterocycles. The van der Waals surface area contributed by atoms with Gasteiger partial charge in [0.1, 0.15) is 0 Å². The van der Waals surface area contributed by atoms with Gasteiger partial charge in [-0.2, -0.15) is 5.10 Å². The van der Waals surface area contributed by atoms with Crippen molar-refractivity contribution in [3.8, 4) is 5.88 Å². The van der Waals surface area contributed by atoms with Crippen molar-refractivity contribution in [1.29, 1.82) is 0 Å². The molecular formula is C20H30N4O. The molecule has 0 atom stereocenters. The summed E-state index contributed by atoms with van der Waals surface area (Å²) in [6.07, 6.45) is 1.16. The minimum Gasteiger partial charge on any atom is -0.481 e. The summed E-state index contributed by atoms with van der Waals surface area (Å²) in [4.78, 5) is 2.53. The molecule has 0 bridgehead atoms. The summed E-state index contributed by atoms with van der Waals surface area (Å²) >= 11 is 0. The molecule has 0 aliphatic carbocycles. The Morgan fingerprint density at radius 1 is 1.24 bits per heavy atom. The summed E-state index contributed by atoms with van der Waals surface area (Å²) in [7, 11) is 3.66. The van der Waals surface area contributed by atoms with E-state index >= 15 is 0 Å². The molecule has 2 heterocycles. The van der Waals surface area contributed by atoms with Crippen LogP contribution in [-0.4, -0.2) is 41.4 Å². The molecule has 0 unspecified atom stereocenters. The summed E-state index contributed by atoms with van der Waals surface area (Å²) in [5.74, 6) is 1.26. The van der Waals surface area contributed by atoms with E-state index in [2.05, 4.69) is 53.4 Å². The highest BCUT2D eigenvalue weighted by molar-refractivity contribution is 5.33. The molecule has 1 aromatic carbocycles. The summed E-state index contributed by atoms with van der Waals surface area (Å²) in [5, 5.41) is 8.20. The lowest BCUT2D eigenvalue weighted by molar-refractivity contribution is 0.253. The van der Waals surface area contributed by atoms with Crippen LogP contribution in [0.1, 0.15) is 42.1 Å². The summed E-state index contributed by atoms with van der Waals surface area (Å²) < 4.78 is 7.38. The number of nitrogens with one attached hydrogen (secondary N) is 1. The molecule has 1 N–H and O–H groups in total. The molecule has 2 aromatic rings.